The lowest BCUT2D eigenvalue weighted by Crippen LogP contribution is -2.21. The van der Waals surface area contributed by atoms with Crippen molar-refractivity contribution in [3.8, 4) is 0 Å². The SMILES string of the molecule is Cc1ccc(S(=O)(=O)N[C]=N)cc1. The summed E-state index contributed by atoms with van der Waals surface area (Å²) in [7, 11) is -3.58. The van der Waals surface area contributed by atoms with E-state index in [0.29, 0.717) is 0 Å². The summed E-state index contributed by atoms with van der Waals surface area (Å²) >= 11 is 0. The topological polar surface area (TPSA) is 70.0 Å². The number of hydrogen-bond donors (Lipinski definition) is 2. The summed E-state index contributed by atoms with van der Waals surface area (Å²) in [5.41, 5.74) is 0.984. The lowest BCUT2D eigenvalue weighted by molar-refractivity contribution is 0.593. The molecule has 0 aliphatic rings. The van der Waals surface area contributed by atoms with Gasteiger partial charge >= 0.3 is 0 Å². The normalized spacial score (nSPS) is 10.8. The van der Waals surface area contributed by atoms with Gasteiger partial charge in [-0.05, 0) is 19.1 Å². The molecule has 13 heavy (non-hydrogen) atoms. The van der Waals surface area contributed by atoms with Crippen LogP contribution in [0.2, 0.25) is 0 Å². The van der Waals surface area contributed by atoms with Crippen molar-refractivity contribution >= 4 is 16.4 Å². The fraction of sp³-hybridized carbons (Fsp3) is 0.125. The van der Waals surface area contributed by atoms with Crippen LogP contribution in [0.4, 0.5) is 0 Å². The van der Waals surface area contributed by atoms with E-state index in [-0.39, 0.29) is 4.90 Å². The Morgan fingerprint density at radius 3 is 2.31 bits per heavy atom. The lowest BCUT2D eigenvalue weighted by Gasteiger charge is -2.01. The van der Waals surface area contributed by atoms with Gasteiger partial charge in [-0.25, -0.2) is 8.42 Å². The molecule has 1 aromatic carbocycles. The summed E-state index contributed by atoms with van der Waals surface area (Å²) < 4.78 is 24.3. The second-order valence-electron chi connectivity index (χ2n) is 2.54. The molecule has 0 heterocycles. The van der Waals surface area contributed by atoms with Crippen molar-refractivity contribution in [3.05, 3.63) is 29.8 Å². The van der Waals surface area contributed by atoms with Gasteiger partial charge in [0, 0.05) is 0 Å². The Kier molecular flexibility index (Phi) is 2.67. The van der Waals surface area contributed by atoms with E-state index in [1.807, 2.05) is 11.6 Å². The van der Waals surface area contributed by atoms with Crippen molar-refractivity contribution in [3.63, 3.8) is 0 Å². The van der Waals surface area contributed by atoms with Crippen molar-refractivity contribution in [2.45, 2.75) is 11.8 Å². The zero-order chi connectivity index (χ0) is 9.90. The van der Waals surface area contributed by atoms with Crippen LogP contribution < -0.4 is 4.72 Å². The minimum atomic E-state index is -3.58. The van der Waals surface area contributed by atoms with E-state index in [1.54, 1.807) is 18.5 Å². The van der Waals surface area contributed by atoms with Crippen LogP contribution in [0.3, 0.4) is 0 Å². The molecule has 1 rings (SSSR count). The summed E-state index contributed by atoms with van der Waals surface area (Å²) in [4.78, 5) is 0.137. The first-order chi connectivity index (χ1) is 6.06. The average Bonchev–Trinajstić information content (AvgIpc) is 2.05. The van der Waals surface area contributed by atoms with Gasteiger partial charge in [0.15, 0.2) is 6.34 Å². The molecular formula is C8H9N2O2S. The molecule has 0 saturated carbocycles. The number of hydrogen-bond acceptors (Lipinski definition) is 3. The minimum absolute atomic E-state index is 0.137. The highest BCUT2D eigenvalue weighted by Gasteiger charge is 2.10. The van der Waals surface area contributed by atoms with E-state index in [4.69, 9.17) is 5.41 Å². The zero-order valence-corrected chi connectivity index (χ0v) is 7.85. The van der Waals surface area contributed by atoms with E-state index in [0.717, 1.165) is 5.56 Å². The maximum atomic E-state index is 11.2. The first-order valence-corrected chi connectivity index (χ1v) is 5.05. The van der Waals surface area contributed by atoms with Gasteiger partial charge in [0.05, 0.1) is 4.90 Å². The summed E-state index contributed by atoms with van der Waals surface area (Å²) in [6, 6.07) is 6.35. The molecule has 0 aliphatic heterocycles. The van der Waals surface area contributed by atoms with Crippen LogP contribution in [0.5, 0.6) is 0 Å². The number of nitrogens with one attached hydrogen (secondary N) is 2. The van der Waals surface area contributed by atoms with Crippen molar-refractivity contribution in [1.29, 1.82) is 5.41 Å². The number of sulfonamides is 1. The third kappa shape index (κ3) is 2.29. The highest BCUT2D eigenvalue weighted by Crippen LogP contribution is 2.08. The van der Waals surface area contributed by atoms with E-state index in [1.165, 1.54) is 12.1 Å². The number of aryl methyl sites for hydroxylation is 1. The molecule has 5 heteroatoms. The molecule has 69 valence electrons. The van der Waals surface area contributed by atoms with Gasteiger partial charge in [-0.15, -0.1) is 0 Å². The average molecular weight is 197 g/mol. The Bertz CT molecular complexity index is 395. The van der Waals surface area contributed by atoms with Gasteiger partial charge in [0.1, 0.15) is 0 Å². The molecule has 0 saturated heterocycles. The van der Waals surface area contributed by atoms with Crippen LogP contribution in [0.15, 0.2) is 29.2 Å². The van der Waals surface area contributed by atoms with Gasteiger partial charge in [0.25, 0.3) is 10.0 Å². The maximum absolute atomic E-state index is 11.2. The second kappa shape index (κ2) is 3.57. The Morgan fingerprint density at radius 1 is 1.31 bits per heavy atom. The highest BCUT2D eigenvalue weighted by atomic mass is 32.2. The van der Waals surface area contributed by atoms with Crippen molar-refractivity contribution in [2.24, 2.45) is 0 Å². The molecule has 0 fully saturated rings. The van der Waals surface area contributed by atoms with Crippen LogP contribution >= 0.6 is 0 Å². The Hall–Kier alpha value is -1.36. The van der Waals surface area contributed by atoms with E-state index < -0.39 is 10.0 Å². The molecule has 0 bridgehead atoms. The standard InChI is InChI=1S/C8H9N2O2S/c1-7-2-4-8(5-3-7)13(11,12)10-6-9/h2-5H,1H3,(H2,9,10). The summed E-state index contributed by atoms with van der Waals surface area (Å²) in [6.45, 7) is 1.87. The van der Waals surface area contributed by atoms with Gasteiger partial charge < -0.3 is 0 Å². The van der Waals surface area contributed by atoms with Gasteiger partial charge in [-0.3, -0.25) is 10.1 Å². The number of rotatable bonds is 3. The fourth-order valence-corrected chi connectivity index (χ4v) is 1.59. The van der Waals surface area contributed by atoms with Crippen LogP contribution in [0, 0.1) is 12.3 Å². The fourth-order valence-electron chi connectivity index (χ4n) is 0.844. The monoisotopic (exact) mass is 197 g/mol. The molecule has 1 radical (unpaired) electrons. The molecule has 0 aromatic heterocycles. The number of benzene rings is 1. The van der Waals surface area contributed by atoms with E-state index in [2.05, 4.69) is 0 Å². The summed E-state index contributed by atoms with van der Waals surface area (Å²) in [6.07, 6.45) is 1.63. The first kappa shape index (κ1) is 9.73. The van der Waals surface area contributed by atoms with Crippen LogP contribution in [-0.4, -0.2) is 14.8 Å². The van der Waals surface area contributed by atoms with Gasteiger partial charge in [-0.2, -0.15) is 0 Å². The van der Waals surface area contributed by atoms with Gasteiger partial charge in [-0.1, -0.05) is 17.7 Å². The van der Waals surface area contributed by atoms with E-state index >= 15 is 0 Å². The second-order valence-corrected chi connectivity index (χ2v) is 4.23. The Balaban J connectivity index is 3.08. The predicted octanol–water partition coefficient (Wildman–Crippen LogP) is 0.757. The molecule has 0 aliphatic carbocycles. The third-order valence-electron chi connectivity index (χ3n) is 1.52. The zero-order valence-electron chi connectivity index (χ0n) is 7.03. The lowest BCUT2D eigenvalue weighted by atomic mass is 10.2. The maximum Gasteiger partial charge on any atom is 0.263 e. The first-order valence-electron chi connectivity index (χ1n) is 3.56. The molecular weight excluding hydrogens is 188 g/mol. The van der Waals surface area contributed by atoms with Crippen LogP contribution in [0.25, 0.3) is 0 Å². The largest absolute Gasteiger partial charge is 0.281 e. The Labute approximate surface area is 77.2 Å². The summed E-state index contributed by atoms with van der Waals surface area (Å²) in [5, 5.41) is 6.51. The molecule has 4 nitrogen and oxygen atoms in total. The third-order valence-corrected chi connectivity index (χ3v) is 2.78. The van der Waals surface area contributed by atoms with E-state index in [9.17, 15) is 8.42 Å². The quantitative estimate of drug-likeness (QED) is 0.426. The van der Waals surface area contributed by atoms with Crippen molar-refractivity contribution < 1.29 is 8.42 Å². The molecule has 0 amide bonds. The molecule has 0 unspecified atom stereocenters. The van der Waals surface area contributed by atoms with Crippen molar-refractivity contribution in [2.75, 3.05) is 0 Å². The molecule has 0 spiro atoms. The van der Waals surface area contributed by atoms with Crippen LogP contribution in [0.1, 0.15) is 5.56 Å². The van der Waals surface area contributed by atoms with Gasteiger partial charge in [0.2, 0.25) is 0 Å². The molecule has 0 atom stereocenters. The summed E-state index contributed by atoms with van der Waals surface area (Å²) in [5.74, 6) is 0. The smallest absolute Gasteiger partial charge is 0.263 e. The van der Waals surface area contributed by atoms with Crippen molar-refractivity contribution in [1.82, 2.24) is 4.72 Å². The molecule has 2 N–H and O–H groups in total. The Morgan fingerprint density at radius 2 is 1.85 bits per heavy atom. The predicted molar refractivity (Wildman–Crippen MR) is 49.2 cm³/mol. The minimum Gasteiger partial charge on any atom is -0.281 e. The highest BCUT2D eigenvalue weighted by molar-refractivity contribution is 7.90. The van der Waals surface area contributed by atoms with Crippen LogP contribution in [-0.2, 0) is 10.0 Å². The molecule has 1 aromatic rings.